The summed E-state index contributed by atoms with van der Waals surface area (Å²) in [6.07, 6.45) is 2.43. The molecule has 0 saturated carbocycles. The van der Waals surface area contributed by atoms with E-state index in [2.05, 4.69) is 34.3 Å². The molecule has 31 heavy (non-hydrogen) atoms. The molecule has 0 radical (unpaired) electrons. The maximum atomic E-state index is 13.2. The number of furan rings is 1. The predicted octanol–water partition coefficient (Wildman–Crippen LogP) is 2.56. The summed E-state index contributed by atoms with van der Waals surface area (Å²) in [5, 5.41) is 5.41. The van der Waals surface area contributed by atoms with E-state index in [1.165, 1.54) is 12.1 Å². The van der Waals surface area contributed by atoms with Crippen LogP contribution in [0, 0.1) is 11.7 Å². The highest BCUT2D eigenvalue weighted by molar-refractivity contribution is 6.35. The second kappa shape index (κ2) is 10.9. The van der Waals surface area contributed by atoms with Gasteiger partial charge in [-0.15, -0.1) is 0 Å². The van der Waals surface area contributed by atoms with Gasteiger partial charge in [0.05, 0.1) is 12.3 Å². The highest BCUT2D eigenvalue weighted by atomic mass is 19.1. The van der Waals surface area contributed by atoms with Gasteiger partial charge in [-0.05, 0) is 48.7 Å². The fraction of sp³-hybridized carbons (Fsp3) is 0.478. The highest BCUT2D eigenvalue weighted by Gasteiger charge is 2.28. The third kappa shape index (κ3) is 6.55. The number of anilines is 1. The Labute approximate surface area is 182 Å². The second-order valence-electron chi connectivity index (χ2n) is 8.18. The summed E-state index contributed by atoms with van der Waals surface area (Å²) in [4.78, 5) is 28.7. The number of benzene rings is 1. The van der Waals surface area contributed by atoms with Crippen LogP contribution in [0.25, 0.3) is 0 Å². The van der Waals surface area contributed by atoms with Crippen molar-refractivity contribution in [3.63, 3.8) is 0 Å². The van der Waals surface area contributed by atoms with Crippen LogP contribution in [0.2, 0.25) is 0 Å². The van der Waals surface area contributed by atoms with Crippen LogP contribution >= 0.6 is 0 Å². The van der Waals surface area contributed by atoms with Crippen molar-refractivity contribution in [3.8, 4) is 0 Å². The number of hydrogen-bond donors (Lipinski definition) is 2. The number of rotatable bonds is 8. The summed E-state index contributed by atoms with van der Waals surface area (Å²) in [6.45, 7) is 7.93. The molecule has 1 aromatic heterocycles. The summed E-state index contributed by atoms with van der Waals surface area (Å²) in [5.41, 5.74) is 0.988. The van der Waals surface area contributed by atoms with Gasteiger partial charge < -0.3 is 20.0 Å². The summed E-state index contributed by atoms with van der Waals surface area (Å²) in [5.74, 6) is -0.287. The zero-order chi connectivity index (χ0) is 22.2. The third-order valence-electron chi connectivity index (χ3n) is 5.49. The van der Waals surface area contributed by atoms with Gasteiger partial charge in [0.1, 0.15) is 11.6 Å². The molecule has 2 N–H and O–H groups in total. The number of amides is 2. The average molecular weight is 431 g/mol. The van der Waals surface area contributed by atoms with Gasteiger partial charge in [0.25, 0.3) is 0 Å². The Bertz CT molecular complexity index is 831. The SMILES string of the molecule is CC(C)CCNC(=O)C(=O)NC[C@@H](c1ccco1)N1CCN(c2ccc(F)cc2)CC1. The van der Waals surface area contributed by atoms with Crippen molar-refractivity contribution in [2.24, 2.45) is 5.92 Å². The first-order valence-electron chi connectivity index (χ1n) is 10.8. The van der Waals surface area contributed by atoms with Crippen LogP contribution < -0.4 is 15.5 Å². The largest absolute Gasteiger partial charge is 0.468 e. The summed E-state index contributed by atoms with van der Waals surface area (Å²) >= 11 is 0. The summed E-state index contributed by atoms with van der Waals surface area (Å²) < 4.78 is 18.8. The Hall–Kier alpha value is -2.87. The number of nitrogens with zero attached hydrogens (tertiary/aromatic N) is 2. The normalized spacial score (nSPS) is 15.7. The number of hydrogen-bond acceptors (Lipinski definition) is 5. The minimum atomic E-state index is -0.634. The minimum absolute atomic E-state index is 0.169. The van der Waals surface area contributed by atoms with Crippen molar-refractivity contribution < 1.29 is 18.4 Å². The van der Waals surface area contributed by atoms with Gasteiger partial charge >= 0.3 is 11.8 Å². The predicted molar refractivity (Wildman–Crippen MR) is 117 cm³/mol. The van der Waals surface area contributed by atoms with Gasteiger partial charge in [-0.2, -0.15) is 0 Å². The van der Waals surface area contributed by atoms with Crippen LogP contribution in [0.5, 0.6) is 0 Å². The zero-order valence-corrected chi connectivity index (χ0v) is 18.1. The lowest BCUT2D eigenvalue weighted by Crippen LogP contribution is -2.50. The molecule has 1 saturated heterocycles. The van der Waals surface area contributed by atoms with Crippen LogP contribution in [0.1, 0.15) is 32.1 Å². The Kier molecular flexibility index (Phi) is 8.06. The molecule has 1 aliphatic rings. The van der Waals surface area contributed by atoms with Crippen LogP contribution in [0.4, 0.5) is 10.1 Å². The van der Waals surface area contributed by atoms with Crippen molar-refractivity contribution in [2.45, 2.75) is 26.3 Å². The Balaban J connectivity index is 1.55. The molecule has 3 rings (SSSR count). The van der Waals surface area contributed by atoms with Crippen LogP contribution in [0.3, 0.4) is 0 Å². The van der Waals surface area contributed by atoms with E-state index >= 15 is 0 Å². The van der Waals surface area contributed by atoms with E-state index in [0.29, 0.717) is 12.5 Å². The fourth-order valence-corrected chi connectivity index (χ4v) is 3.66. The Morgan fingerprint density at radius 1 is 1.03 bits per heavy atom. The van der Waals surface area contributed by atoms with Gasteiger partial charge in [-0.3, -0.25) is 14.5 Å². The van der Waals surface area contributed by atoms with Crippen molar-refractivity contribution in [1.29, 1.82) is 0 Å². The molecule has 8 heteroatoms. The lowest BCUT2D eigenvalue weighted by atomic mass is 10.1. The standard InChI is InChI=1S/C23H31FN4O3/c1-17(2)9-10-25-22(29)23(30)26-16-20(21-4-3-15-31-21)28-13-11-27(12-14-28)19-7-5-18(24)6-8-19/h3-8,15,17,20H,9-14,16H2,1-2H3,(H,25,29)(H,26,30)/t20-/m0/s1. The number of piperazine rings is 1. The number of halogens is 1. The zero-order valence-electron chi connectivity index (χ0n) is 18.1. The van der Waals surface area contributed by atoms with Crippen LogP contribution in [0.15, 0.2) is 47.1 Å². The molecule has 1 aliphatic heterocycles. The smallest absolute Gasteiger partial charge is 0.309 e. The van der Waals surface area contributed by atoms with Crippen molar-refractivity contribution in [1.82, 2.24) is 15.5 Å². The highest BCUT2D eigenvalue weighted by Crippen LogP contribution is 2.24. The Morgan fingerprint density at radius 3 is 2.32 bits per heavy atom. The monoisotopic (exact) mass is 430 g/mol. The number of carbonyl (C=O) groups is 2. The first kappa shape index (κ1) is 22.8. The van der Waals surface area contributed by atoms with E-state index in [9.17, 15) is 14.0 Å². The van der Waals surface area contributed by atoms with E-state index in [1.54, 1.807) is 18.4 Å². The maximum Gasteiger partial charge on any atom is 0.309 e. The molecule has 0 aliphatic carbocycles. The van der Waals surface area contributed by atoms with Crippen molar-refractivity contribution >= 4 is 17.5 Å². The second-order valence-corrected chi connectivity index (χ2v) is 8.18. The molecule has 1 aromatic carbocycles. The Morgan fingerprint density at radius 2 is 1.71 bits per heavy atom. The molecule has 2 aromatic rings. The maximum absolute atomic E-state index is 13.2. The molecule has 1 fully saturated rings. The van der Waals surface area contributed by atoms with Gasteiger partial charge in [0.15, 0.2) is 0 Å². The summed E-state index contributed by atoms with van der Waals surface area (Å²) in [7, 11) is 0. The van der Waals surface area contributed by atoms with Gasteiger partial charge in [-0.25, -0.2) is 4.39 Å². The van der Waals surface area contributed by atoms with Crippen molar-refractivity contribution in [3.05, 3.63) is 54.2 Å². The first-order valence-corrected chi connectivity index (χ1v) is 10.8. The lowest BCUT2D eigenvalue weighted by Gasteiger charge is -2.39. The van der Waals surface area contributed by atoms with Crippen LogP contribution in [-0.4, -0.2) is 56.0 Å². The van der Waals surface area contributed by atoms with E-state index in [-0.39, 0.29) is 18.4 Å². The minimum Gasteiger partial charge on any atom is -0.468 e. The van der Waals surface area contributed by atoms with Gasteiger partial charge in [0, 0.05) is 45.0 Å². The average Bonchev–Trinajstić information content (AvgIpc) is 3.29. The molecule has 2 amide bonds. The van der Waals surface area contributed by atoms with Crippen molar-refractivity contribution in [2.75, 3.05) is 44.2 Å². The van der Waals surface area contributed by atoms with E-state index in [1.807, 2.05) is 12.1 Å². The van der Waals surface area contributed by atoms with Gasteiger partial charge in [0.2, 0.25) is 0 Å². The number of carbonyl (C=O) groups excluding carboxylic acids is 2. The quantitative estimate of drug-likeness (QED) is 0.630. The number of nitrogens with one attached hydrogen (secondary N) is 2. The first-order chi connectivity index (χ1) is 14.9. The topological polar surface area (TPSA) is 77.8 Å². The molecular formula is C23H31FN4O3. The fourth-order valence-electron chi connectivity index (χ4n) is 3.66. The molecule has 0 bridgehead atoms. The van der Waals surface area contributed by atoms with Gasteiger partial charge in [-0.1, -0.05) is 13.8 Å². The molecular weight excluding hydrogens is 399 g/mol. The molecule has 2 heterocycles. The summed E-state index contributed by atoms with van der Waals surface area (Å²) in [6, 6.07) is 10.0. The van der Waals surface area contributed by atoms with E-state index in [0.717, 1.165) is 44.0 Å². The van der Waals surface area contributed by atoms with E-state index < -0.39 is 11.8 Å². The van der Waals surface area contributed by atoms with Crippen LogP contribution in [-0.2, 0) is 9.59 Å². The van der Waals surface area contributed by atoms with E-state index in [4.69, 9.17) is 4.42 Å². The molecule has 0 unspecified atom stereocenters. The lowest BCUT2D eigenvalue weighted by molar-refractivity contribution is -0.139. The third-order valence-corrected chi connectivity index (χ3v) is 5.49. The molecule has 0 spiro atoms. The molecule has 168 valence electrons. The molecule has 1 atom stereocenters. The molecule has 7 nitrogen and oxygen atoms in total.